The molecule has 3 aromatic rings. The van der Waals surface area contributed by atoms with Crippen LogP contribution in [0.1, 0.15) is 5.56 Å². The molecule has 20 heavy (non-hydrogen) atoms. The van der Waals surface area contributed by atoms with Crippen molar-refractivity contribution in [3.63, 3.8) is 0 Å². The van der Waals surface area contributed by atoms with E-state index in [4.69, 9.17) is 4.74 Å². The number of hydrogen-bond acceptors (Lipinski definition) is 4. The van der Waals surface area contributed by atoms with E-state index in [1.165, 1.54) is 10.3 Å². The van der Waals surface area contributed by atoms with Crippen molar-refractivity contribution in [2.75, 3.05) is 12.4 Å². The highest BCUT2D eigenvalue weighted by atomic mass is 79.9. The van der Waals surface area contributed by atoms with Crippen LogP contribution < -0.4 is 10.1 Å². The number of aryl methyl sites for hydroxylation is 1. The Morgan fingerprint density at radius 1 is 1.20 bits per heavy atom. The Kier molecular flexibility index (Phi) is 3.63. The van der Waals surface area contributed by atoms with Crippen LogP contribution in [0, 0.1) is 6.92 Å². The quantitative estimate of drug-likeness (QED) is 0.713. The smallest absolute Gasteiger partial charge is 0.188 e. The third-order valence-corrected chi connectivity index (χ3v) is 4.50. The van der Waals surface area contributed by atoms with Gasteiger partial charge in [0, 0.05) is 5.69 Å². The number of benzene rings is 2. The lowest BCUT2D eigenvalue weighted by molar-refractivity contribution is 0.412. The summed E-state index contributed by atoms with van der Waals surface area (Å²) in [5, 5.41) is 4.22. The molecule has 0 bridgehead atoms. The van der Waals surface area contributed by atoms with Crippen LogP contribution in [0.5, 0.6) is 5.75 Å². The molecule has 0 atom stereocenters. The summed E-state index contributed by atoms with van der Waals surface area (Å²) in [6, 6.07) is 12.2. The fraction of sp³-hybridized carbons (Fsp3) is 0.133. The first-order valence-electron chi connectivity index (χ1n) is 6.13. The highest BCUT2D eigenvalue weighted by Gasteiger charge is 2.06. The summed E-state index contributed by atoms with van der Waals surface area (Å²) in [5.74, 6) is 0.815. The predicted octanol–water partition coefficient (Wildman–Crippen LogP) is 5.12. The van der Waals surface area contributed by atoms with Gasteiger partial charge in [0.05, 0.1) is 21.8 Å². The van der Waals surface area contributed by atoms with E-state index < -0.39 is 0 Å². The number of rotatable bonds is 3. The average Bonchev–Trinajstić information content (AvgIpc) is 2.80. The number of aromatic nitrogens is 1. The van der Waals surface area contributed by atoms with Gasteiger partial charge < -0.3 is 10.1 Å². The molecule has 2 aromatic carbocycles. The summed E-state index contributed by atoms with van der Waals surface area (Å²) in [7, 11) is 1.66. The summed E-state index contributed by atoms with van der Waals surface area (Å²) in [5.41, 5.74) is 3.25. The van der Waals surface area contributed by atoms with Crippen LogP contribution in [-0.2, 0) is 0 Å². The number of thiazole rings is 1. The maximum Gasteiger partial charge on any atom is 0.188 e. The van der Waals surface area contributed by atoms with Gasteiger partial charge in [-0.25, -0.2) is 4.98 Å². The van der Waals surface area contributed by atoms with Crippen molar-refractivity contribution in [3.8, 4) is 5.75 Å². The summed E-state index contributed by atoms with van der Waals surface area (Å²) in [6.07, 6.45) is 0. The number of methoxy groups -OCH3 is 1. The molecule has 0 saturated carbocycles. The van der Waals surface area contributed by atoms with Gasteiger partial charge in [0.2, 0.25) is 0 Å². The van der Waals surface area contributed by atoms with E-state index in [1.807, 2.05) is 18.2 Å². The van der Waals surface area contributed by atoms with Crippen molar-refractivity contribution < 1.29 is 4.74 Å². The van der Waals surface area contributed by atoms with Crippen LogP contribution in [0.4, 0.5) is 10.8 Å². The molecule has 0 aliphatic rings. The second-order valence-corrected chi connectivity index (χ2v) is 6.35. The Bertz CT molecular complexity index is 770. The first kappa shape index (κ1) is 13.4. The van der Waals surface area contributed by atoms with Crippen molar-refractivity contribution in [2.24, 2.45) is 0 Å². The largest absolute Gasteiger partial charge is 0.496 e. The van der Waals surface area contributed by atoms with Crippen LogP contribution in [-0.4, -0.2) is 12.1 Å². The molecule has 0 spiro atoms. The van der Waals surface area contributed by atoms with E-state index >= 15 is 0 Å². The molecule has 1 aromatic heterocycles. The van der Waals surface area contributed by atoms with Crippen LogP contribution in [0.3, 0.4) is 0 Å². The zero-order valence-electron chi connectivity index (χ0n) is 11.1. The molecule has 3 nitrogen and oxygen atoms in total. The van der Waals surface area contributed by atoms with Crippen molar-refractivity contribution in [1.29, 1.82) is 0 Å². The lowest BCUT2D eigenvalue weighted by atomic mass is 10.2. The Balaban J connectivity index is 1.90. The van der Waals surface area contributed by atoms with Crippen molar-refractivity contribution in [2.45, 2.75) is 6.92 Å². The monoisotopic (exact) mass is 348 g/mol. The number of nitrogens with zero attached hydrogens (tertiary/aromatic N) is 1. The van der Waals surface area contributed by atoms with Gasteiger partial charge in [-0.3, -0.25) is 0 Å². The second-order valence-electron chi connectivity index (χ2n) is 4.46. The van der Waals surface area contributed by atoms with Crippen molar-refractivity contribution in [1.82, 2.24) is 4.98 Å². The zero-order valence-corrected chi connectivity index (χ0v) is 13.5. The Morgan fingerprint density at radius 3 is 2.80 bits per heavy atom. The summed E-state index contributed by atoms with van der Waals surface area (Å²) < 4.78 is 7.34. The molecule has 5 heteroatoms. The topological polar surface area (TPSA) is 34.1 Å². The molecule has 0 aliphatic carbocycles. The van der Waals surface area contributed by atoms with E-state index in [0.29, 0.717) is 0 Å². The third-order valence-electron chi connectivity index (χ3n) is 2.95. The highest BCUT2D eigenvalue weighted by Crippen LogP contribution is 2.32. The van der Waals surface area contributed by atoms with E-state index in [9.17, 15) is 0 Å². The number of halogens is 1. The first-order valence-corrected chi connectivity index (χ1v) is 7.74. The lowest BCUT2D eigenvalue weighted by Crippen LogP contribution is -1.90. The SMILES string of the molecule is COc1ccc(Nc2nc3ccc(C)cc3s2)cc1Br. The molecule has 3 rings (SSSR count). The molecular weight excluding hydrogens is 336 g/mol. The Labute approximate surface area is 129 Å². The van der Waals surface area contributed by atoms with Gasteiger partial charge in [0.25, 0.3) is 0 Å². The summed E-state index contributed by atoms with van der Waals surface area (Å²) in [4.78, 5) is 4.58. The molecular formula is C15H13BrN2OS. The lowest BCUT2D eigenvalue weighted by Gasteiger charge is -2.06. The number of hydrogen-bond donors (Lipinski definition) is 1. The van der Waals surface area contributed by atoms with Crippen LogP contribution in [0.15, 0.2) is 40.9 Å². The minimum atomic E-state index is 0.815. The fourth-order valence-corrected chi connectivity index (χ4v) is 3.48. The van der Waals surface area contributed by atoms with Gasteiger partial charge >= 0.3 is 0 Å². The van der Waals surface area contributed by atoms with Gasteiger partial charge in [-0.1, -0.05) is 17.4 Å². The molecule has 0 fully saturated rings. The minimum absolute atomic E-state index is 0.815. The van der Waals surface area contributed by atoms with Gasteiger partial charge in [-0.05, 0) is 58.7 Å². The Hall–Kier alpha value is -1.59. The molecule has 1 N–H and O–H groups in total. The normalized spacial score (nSPS) is 10.8. The van der Waals surface area contributed by atoms with E-state index in [-0.39, 0.29) is 0 Å². The average molecular weight is 349 g/mol. The van der Waals surface area contributed by atoms with Crippen LogP contribution in [0.2, 0.25) is 0 Å². The minimum Gasteiger partial charge on any atom is -0.496 e. The fourth-order valence-electron chi connectivity index (χ4n) is 1.95. The van der Waals surface area contributed by atoms with E-state index in [1.54, 1.807) is 18.4 Å². The van der Waals surface area contributed by atoms with Crippen LogP contribution in [0.25, 0.3) is 10.2 Å². The zero-order chi connectivity index (χ0) is 14.1. The highest BCUT2D eigenvalue weighted by molar-refractivity contribution is 9.10. The number of fused-ring (bicyclic) bond motifs is 1. The number of ether oxygens (including phenoxy) is 1. The molecule has 102 valence electrons. The van der Waals surface area contributed by atoms with Crippen molar-refractivity contribution in [3.05, 3.63) is 46.4 Å². The molecule has 0 amide bonds. The van der Waals surface area contributed by atoms with E-state index in [0.717, 1.165) is 26.6 Å². The number of anilines is 2. The third kappa shape index (κ3) is 2.64. The summed E-state index contributed by atoms with van der Waals surface area (Å²) in [6.45, 7) is 2.09. The van der Waals surface area contributed by atoms with Gasteiger partial charge in [0.1, 0.15) is 5.75 Å². The maximum absolute atomic E-state index is 5.22. The molecule has 1 heterocycles. The molecule has 0 aliphatic heterocycles. The van der Waals surface area contributed by atoms with Gasteiger partial charge in [0.15, 0.2) is 5.13 Å². The molecule has 0 saturated heterocycles. The summed E-state index contributed by atoms with van der Waals surface area (Å²) >= 11 is 5.14. The standard InChI is InChI=1S/C15H13BrN2OS/c1-9-3-5-12-14(7-9)20-15(18-12)17-10-4-6-13(19-2)11(16)8-10/h3-8H,1-2H3,(H,17,18). The first-order chi connectivity index (χ1) is 9.65. The Morgan fingerprint density at radius 2 is 2.05 bits per heavy atom. The molecule has 0 radical (unpaired) electrons. The second kappa shape index (κ2) is 5.42. The van der Waals surface area contributed by atoms with Crippen LogP contribution >= 0.6 is 27.3 Å². The number of nitrogens with one attached hydrogen (secondary N) is 1. The molecule has 0 unspecified atom stereocenters. The maximum atomic E-state index is 5.22. The predicted molar refractivity (Wildman–Crippen MR) is 88.3 cm³/mol. The van der Waals surface area contributed by atoms with Gasteiger partial charge in [-0.2, -0.15) is 0 Å². The van der Waals surface area contributed by atoms with Gasteiger partial charge in [-0.15, -0.1) is 0 Å². The van der Waals surface area contributed by atoms with E-state index in [2.05, 4.69) is 51.4 Å². The van der Waals surface area contributed by atoms with Crippen molar-refractivity contribution >= 4 is 48.3 Å².